The lowest BCUT2D eigenvalue weighted by Gasteiger charge is -2.16. The molecule has 1 N–H and O–H groups in total. The summed E-state index contributed by atoms with van der Waals surface area (Å²) in [5, 5.41) is 7.65. The molecule has 26 heavy (non-hydrogen) atoms. The number of nitrogens with zero attached hydrogens (tertiary/aromatic N) is 3. The smallest absolute Gasteiger partial charge is 0.341 e. The number of hydrogen-bond donors (Lipinski definition) is 1. The maximum atomic E-state index is 12.5. The Hall–Kier alpha value is -2.19. The zero-order chi connectivity index (χ0) is 19.4. The Morgan fingerprint density at radius 1 is 1.38 bits per heavy atom. The molecule has 0 aromatic carbocycles. The molecule has 2 aromatic rings. The fraction of sp³-hybridized carbons (Fsp3) is 0.500. The van der Waals surface area contributed by atoms with E-state index in [-0.39, 0.29) is 12.5 Å². The summed E-state index contributed by atoms with van der Waals surface area (Å²) in [6.07, 6.45) is 2.53. The third kappa shape index (κ3) is 4.31. The van der Waals surface area contributed by atoms with Crippen molar-refractivity contribution >= 4 is 28.2 Å². The molecule has 142 valence electrons. The summed E-state index contributed by atoms with van der Waals surface area (Å²) in [6.45, 7) is 6.77. The van der Waals surface area contributed by atoms with Gasteiger partial charge in [0, 0.05) is 29.7 Å². The number of thiophene rings is 1. The molecule has 2 aromatic heterocycles. The Bertz CT molecular complexity index is 810. The van der Waals surface area contributed by atoms with Gasteiger partial charge in [0.15, 0.2) is 0 Å². The van der Waals surface area contributed by atoms with Crippen LogP contribution in [0.3, 0.4) is 0 Å². The van der Waals surface area contributed by atoms with Gasteiger partial charge >= 0.3 is 5.97 Å². The second kappa shape index (κ2) is 8.46. The Labute approximate surface area is 157 Å². The number of likely N-dealkylation sites (N-methyl/N-ethyl adjacent to an activating group) is 1. The summed E-state index contributed by atoms with van der Waals surface area (Å²) >= 11 is 1.41. The van der Waals surface area contributed by atoms with Crippen LogP contribution in [0.15, 0.2) is 6.20 Å². The molecule has 0 aliphatic rings. The summed E-state index contributed by atoms with van der Waals surface area (Å²) in [5.41, 5.74) is 3.55. The molecule has 0 saturated heterocycles. The molecule has 1 amide bonds. The predicted molar refractivity (Wildman–Crippen MR) is 103 cm³/mol. The summed E-state index contributed by atoms with van der Waals surface area (Å²) in [6, 6.07) is 0. The van der Waals surface area contributed by atoms with Gasteiger partial charge in [0.25, 0.3) is 0 Å². The van der Waals surface area contributed by atoms with E-state index in [1.165, 1.54) is 18.4 Å². The van der Waals surface area contributed by atoms with Crippen molar-refractivity contribution in [3.8, 4) is 0 Å². The fourth-order valence-corrected chi connectivity index (χ4v) is 4.02. The van der Waals surface area contributed by atoms with Crippen LogP contribution in [0.25, 0.3) is 0 Å². The van der Waals surface area contributed by atoms with Gasteiger partial charge in [-0.05, 0) is 32.9 Å². The van der Waals surface area contributed by atoms with Gasteiger partial charge in [0.05, 0.1) is 25.4 Å². The first-order valence-electron chi connectivity index (χ1n) is 8.44. The molecule has 2 rings (SSSR count). The van der Waals surface area contributed by atoms with Crippen molar-refractivity contribution in [2.75, 3.05) is 26.0 Å². The number of esters is 1. The number of aryl methyl sites for hydroxylation is 2. The molecule has 0 aliphatic carbocycles. The highest BCUT2D eigenvalue weighted by Gasteiger charge is 2.23. The monoisotopic (exact) mass is 378 g/mol. The summed E-state index contributed by atoms with van der Waals surface area (Å²) in [4.78, 5) is 27.5. The van der Waals surface area contributed by atoms with Gasteiger partial charge in [-0.3, -0.25) is 14.4 Å². The van der Waals surface area contributed by atoms with Gasteiger partial charge in [-0.2, -0.15) is 5.10 Å². The molecule has 0 radical (unpaired) electrons. The first kappa shape index (κ1) is 20.1. The number of carbonyl (C=O) groups is 2. The highest BCUT2D eigenvalue weighted by molar-refractivity contribution is 7.16. The first-order chi connectivity index (χ1) is 12.3. The SMILES string of the molecule is CCc1c(C)sc(NC(=O)CN(C)Cc2cnn(C)c2C)c1C(=O)OC. The number of ether oxygens (including phenoxy) is 1. The average molecular weight is 378 g/mol. The Balaban J connectivity index is 2.07. The lowest BCUT2D eigenvalue weighted by atomic mass is 10.1. The summed E-state index contributed by atoms with van der Waals surface area (Å²) in [5.74, 6) is -0.580. The van der Waals surface area contributed by atoms with Crippen LogP contribution in [-0.4, -0.2) is 47.3 Å². The van der Waals surface area contributed by atoms with E-state index < -0.39 is 5.97 Å². The van der Waals surface area contributed by atoms with Crippen LogP contribution >= 0.6 is 11.3 Å². The maximum absolute atomic E-state index is 12.5. The van der Waals surface area contributed by atoms with Crippen LogP contribution in [0, 0.1) is 13.8 Å². The van der Waals surface area contributed by atoms with Crippen molar-refractivity contribution in [2.24, 2.45) is 7.05 Å². The molecular formula is C18H26N4O3S. The van der Waals surface area contributed by atoms with E-state index in [4.69, 9.17) is 4.74 Å². The predicted octanol–water partition coefficient (Wildman–Crippen LogP) is 2.52. The fourth-order valence-electron chi connectivity index (χ4n) is 2.87. The van der Waals surface area contributed by atoms with Gasteiger partial charge in [-0.15, -0.1) is 11.3 Å². The third-order valence-electron chi connectivity index (χ3n) is 4.40. The molecule has 2 heterocycles. The van der Waals surface area contributed by atoms with E-state index in [1.807, 2.05) is 50.6 Å². The minimum absolute atomic E-state index is 0.164. The Kier molecular flexibility index (Phi) is 6.55. The minimum atomic E-state index is -0.416. The average Bonchev–Trinajstić information content (AvgIpc) is 3.06. The largest absolute Gasteiger partial charge is 0.465 e. The van der Waals surface area contributed by atoms with Crippen LogP contribution in [0.4, 0.5) is 5.00 Å². The van der Waals surface area contributed by atoms with Gasteiger partial charge in [0.2, 0.25) is 5.91 Å². The molecule has 7 nitrogen and oxygen atoms in total. The van der Waals surface area contributed by atoms with E-state index in [0.29, 0.717) is 23.5 Å². The van der Waals surface area contributed by atoms with Crippen molar-refractivity contribution in [3.63, 3.8) is 0 Å². The molecule has 8 heteroatoms. The minimum Gasteiger partial charge on any atom is -0.465 e. The molecule has 0 unspecified atom stereocenters. The number of amides is 1. The van der Waals surface area contributed by atoms with Crippen molar-refractivity contribution in [1.82, 2.24) is 14.7 Å². The second-order valence-corrected chi connectivity index (χ2v) is 7.51. The molecule has 0 spiro atoms. The molecule has 0 saturated carbocycles. The van der Waals surface area contributed by atoms with Crippen molar-refractivity contribution < 1.29 is 14.3 Å². The van der Waals surface area contributed by atoms with E-state index in [1.54, 1.807) is 0 Å². The topological polar surface area (TPSA) is 76.5 Å². The highest BCUT2D eigenvalue weighted by Crippen LogP contribution is 2.34. The number of anilines is 1. The molecule has 0 aliphatic heterocycles. The van der Waals surface area contributed by atoms with Crippen molar-refractivity contribution in [3.05, 3.63) is 33.5 Å². The van der Waals surface area contributed by atoms with Gasteiger partial charge in [-0.25, -0.2) is 4.79 Å². The maximum Gasteiger partial charge on any atom is 0.341 e. The van der Waals surface area contributed by atoms with Crippen LogP contribution in [0.1, 0.15) is 39.0 Å². The zero-order valence-electron chi connectivity index (χ0n) is 16.2. The summed E-state index contributed by atoms with van der Waals surface area (Å²) in [7, 11) is 5.12. The Morgan fingerprint density at radius 2 is 2.08 bits per heavy atom. The van der Waals surface area contributed by atoms with E-state index in [0.717, 1.165) is 21.7 Å². The number of nitrogens with one attached hydrogen (secondary N) is 1. The van der Waals surface area contributed by atoms with E-state index >= 15 is 0 Å². The summed E-state index contributed by atoms with van der Waals surface area (Å²) < 4.78 is 6.70. The molecule has 0 atom stereocenters. The number of hydrogen-bond acceptors (Lipinski definition) is 6. The third-order valence-corrected chi connectivity index (χ3v) is 5.46. The van der Waals surface area contributed by atoms with Crippen LogP contribution in [-0.2, 0) is 29.5 Å². The standard InChI is InChI=1S/C18H26N4O3S/c1-7-14-12(3)26-17(16(14)18(24)25-6)20-15(23)10-21(4)9-13-8-19-22(5)11(13)2/h8H,7,9-10H2,1-6H3,(H,20,23). The highest BCUT2D eigenvalue weighted by atomic mass is 32.1. The number of carbonyl (C=O) groups excluding carboxylic acids is 2. The number of aromatic nitrogens is 2. The van der Waals surface area contributed by atoms with Crippen molar-refractivity contribution in [1.29, 1.82) is 0 Å². The van der Waals surface area contributed by atoms with E-state index in [2.05, 4.69) is 10.4 Å². The van der Waals surface area contributed by atoms with Gasteiger partial charge in [0.1, 0.15) is 5.00 Å². The van der Waals surface area contributed by atoms with Crippen LogP contribution in [0.2, 0.25) is 0 Å². The Morgan fingerprint density at radius 3 is 2.62 bits per heavy atom. The van der Waals surface area contributed by atoms with Crippen molar-refractivity contribution in [2.45, 2.75) is 33.7 Å². The normalized spacial score (nSPS) is 11.0. The quantitative estimate of drug-likeness (QED) is 0.749. The lowest BCUT2D eigenvalue weighted by Crippen LogP contribution is -2.30. The molecular weight excluding hydrogens is 352 g/mol. The van der Waals surface area contributed by atoms with Crippen LogP contribution in [0.5, 0.6) is 0 Å². The second-order valence-electron chi connectivity index (χ2n) is 6.29. The van der Waals surface area contributed by atoms with Crippen LogP contribution < -0.4 is 5.32 Å². The van der Waals surface area contributed by atoms with Gasteiger partial charge in [-0.1, -0.05) is 6.92 Å². The van der Waals surface area contributed by atoms with Gasteiger partial charge < -0.3 is 10.1 Å². The van der Waals surface area contributed by atoms with E-state index in [9.17, 15) is 9.59 Å². The zero-order valence-corrected chi connectivity index (χ0v) is 17.0. The first-order valence-corrected chi connectivity index (χ1v) is 9.26. The molecule has 0 bridgehead atoms. The number of methoxy groups -OCH3 is 1. The lowest BCUT2D eigenvalue weighted by molar-refractivity contribution is -0.117. The molecule has 0 fully saturated rings. The number of rotatable bonds is 7.